The van der Waals surface area contributed by atoms with E-state index in [0.717, 1.165) is 9.79 Å². The van der Waals surface area contributed by atoms with Gasteiger partial charge < -0.3 is 10.5 Å². The molecule has 0 bridgehead atoms. The number of methoxy groups -OCH3 is 1. The first-order chi connectivity index (χ1) is 9.11. The Bertz CT molecular complexity index is 611. The first-order valence-electron chi connectivity index (χ1n) is 5.83. The summed E-state index contributed by atoms with van der Waals surface area (Å²) in [6.07, 6.45) is 0. The Labute approximate surface area is 116 Å². The van der Waals surface area contributed by atoms with Crippen molar-refractivity contribution in [2.45, 2.75) is 16.7 Å². The zero-order valence-corrected chi connectivity index (χ0v) is 11.7. The van der Waals surface area contributed by atoms with Crippen LogP contribution in [-0.2, 0) is 4.74 Å². The second kappa shape index (κ2) is 5.80. The fourth-order valence-corrected chi connectivity index (χ4v) is 2.64. The van der Waals surface area contributed by atoms with Crippen LogP contribution in [0.2, 0.25) is 0 Å². The molecule has 0 fully saturated rings. The van der Waals surface area contributed by atoms with E-state index in [1.165, 1.54) is 12.7 Å². The summed E-state index contributed by atoms with van der Waals surface area (Å²) in [4.78, 5) is 13.5. The molecule has 0 aliphatic heterocycles. The number of aryl methyl sites for hydroxylation is 1. The maximum atomic E-state index is 11.5. The monoisotopic (exact) mass is 273 g/mol. The van der Waals surface area contributed by atoms with Gasteiger partial charge in [-0.2, -0.15) is 0 Å². The van der Waals surface area contributed by atoms with Crippen LogP contribution in [0.4, 0.5) is 5.69 Å². The predicted octanol–water partition coefficient (Wildman–Crippen LogP) is 3.52. The minimum absolute atomic E-state index is 0.355. The summed E-state index contributed by atoms with van der Waals surface area (Å²) < 4.78 is 4.72. The number of nitrogen functional groups attached to an aromatic ring is 1. The minimum Gasteiger partial charge on any atom is -0.465 e. The predicted molar refractivity (Wildman–Crippen MR) is 77.5 cm³/mol. The van der Waals surface area contributed by atoms with Crippen molar-refractivity contribution in [3.8, 4) is 0 Å². The SMILES string of the molecule is COC(=O)c1ccc(N)c(Sc2ccccc2C)c1. The zero-order valence-electron chi connectivity index (χ0n) is 10.8. The molecule has 0 aliphatic rings. The van der Waals surface area contributed by atoms with E-state index in [1.54, 1.807) is 30.0 Å². The van der Waals surface area contributed by atoms with Crippen molar-refractivity contribution in [3.05, 3.63) is 53.6 Å². The summed E-state index contributed by atoms with van der Waals surface area (Å²) in [7, 11) is 1.37. The van der Waals surface area contributed by atoms with Gasteiger partial charge in [0.05, 0.1) is 12.7 Å². The molecule has 2 rings (SSSR count). The van der Waals surface area contributed by atoms with Gasteiger partial charge in [-0.05, 0) is 36.8 Å². The Hall–Kier alpha value is -1.94. The number of esters is 1. The van der Waals surface area contributed by atoms with Gasteiger partial charge in [-0.25, -0.2) is 4.79 Å². The van der Waals surface area contributed by atoms with Gasteiger partial charge in [0.25, 0.3) is 0 Å². The Kier molecular flexibility index (Phi) is 4.12. The van der Waals surface area contributed by atoms with Gasteiger partial charge in [-0.15, -0.1) is 0 Å². The van der Waals surface area contributed by atoms with E-state index in [0.29, 0.717) is 11.3 Å². The molecule has 4 heteroatoms. The fraction of sp³-hybridized carbons (Fsp3) is 0.133. The lowest BCUT2D eigenvalue weighted by atomic mass is 10.2. The van der Waals surface area contributed by atoms with Crippen LogP contribution >= 0.6 is 11.8 Å². The van der Waals surface area contributed by atoms with Gasteiger partial charge in [-0.3, -0.25) is 0 Å². The third kappa shape index (κ3) is 3.09. The van der Waals surface area contributed by atoms with Crippen LogP contribution in [0.5, 0.6) is 0 Å². The highest BCUT2D eigenvalue weighted by atomic mass is 32.2. The minimum atomic E-state index is -0.355. The maximum absolute atomic E-state index is 11.5. The molecule has 0 aliphatic carbocycles. The van der Waals surface area contributed by atoms with Crippen LogP contribution in [0.1, 0.15) is 15.9 Å². The average Bonchev–Trinajstić information content (AvgIpc) is 2.42. The molecule has 0 amide bonds. The summed E-state index contributed by atoms with van der Waals surface area (Å²) in [6.45, 7) is 2.04. The molecule has 19 heavy (non-hydrogen) atoms. The summed E-state index contributed by atoms with van der Waals surface area (Å²) in [5.74, 6) is -0.355. The van der Waals surface area contributed by atoms with E-state index in [4.69, 9.17) is 10.5 Å². The van der Waals surface area contributed by atoms with E-state index in [9.17, 15) is 4.79 Å². The second-order valence-corrected chi connectivity index (χ2v) is 5.20. The van der Waals surface area contributed by atoms with Crippen molar-refractivity contribution in [1.29, 1.82) is 0 Å². The molecule has 2 aromatic carbocycles. The van der Waals surface area contributed by atoms with Gasteiger partial charge in [0, 0.05) is 15.5 Å². The number of hydrogen-bond donors (Lipinski definition) is 1. The Morgan fingerprint density at radius 2 is 1.89 bits per heavy atom. The molecule has 0 aromatic heterocycles. The molecular formula is C15H15NO2S. The highest BCUT2D eigenvalue weighted by Crippen LogP contribution is 2.34. The topological polar surface area (TPSA) is 52.3 Å². The number of carbonyl (C=O) groups is 1. The van der Waals surface area contributed by atoms with Gasteiger partial charge >= 0.3 is 5.97 Å². The van der Waals surface area contributed by atoms with Crippen molar-refractivity contribution >= 4 is 23.4 Å². The van der Waals surface area contributed by atoms with E-state index in [2.05, 4.69) is 0 Å². The number of nitrogens with two attached hydrogens (primary N) is 1. The Morgan fingerprint density at radius 1 is 1.16 bits per heavy atom. The number of ether oxygens (including phenoxy) is 1. The van der Waals surface area contributed by atoms with E-state index >= 15 is 0 Å². The fourth-order valence-electron chi connectivity index (χ4n) is 1.66. The van der Waals surface area contributed by atoms with Gasteiger partial charge in [0.2, 0.25) is 0 Å². The molecule has 0 unspecified atom stereocenters. The first-order valence-corrected chi connectivity index (χ1v) is 6.65. The van der Waals surface area contributed by atoms with Crippen molar-refractivity contribution in [1.82, 2.24) is 0 Å². The van der Waals surface area contributed by atoms with E-state index in [-0.39, 0.29) is 5.97 Å². The smallest absolute Gasteiger partial charge is 0.337 e. The Balaban J connectivity index is 2.34. The maximum Gasteiger partial charge on any atom is 0.337 e. The number of benzene rings is 2. The number of hydrogen-bond acceptors (Lipinski definition) is 4. The second-order valence-electron chi connectivity index (χ2n) is 4.11. The lowest BCUT2D eigenvalue weighted by molar-refractivity contribution is 0.0600. The lowest BCUT2D eigenvalue weighted by Crippen LogP contribution is -2.02. The highest BCUT2D eigenvalue weighted by Gasteiger charge is 2.10. The third-order valence-corrected chi connectivity index (χ3v) is 4.00. The van der Waals surface area contributed by atoms with Gasteiger partial charge in [-0.1, -0.05) is 30.0 Å². The van der Waals surface area contributed by atoms with Crippen molar-refractivity contribution in [3.63, 3.8) is 0 Å². The lowest BCUT2D eigenvalue weighted by Gasteiger charge is -2.09. The molecule has 0 saturated heterocycles. The van der Waals surface area contributed by atoms with Crippen LogP contribution in [0.3, 0.4) is 0 Å². The summed E-state index contributed by atoms with van der Waals surface area (Å²) >= 11 is 1.55. The third-order valence-electron chi connectivity index (χ3n) is 2.75. The van der Waals surface area contributed by atoms with Crippen molar-refractivity contribution in [2.75, 3.05) is 12.8 Å². The van der Waals surface area contributed by atoms with Gasteiger partial charge in [0.1, 0.15) is 0 Å². The summed E-state index contributed by atoms with van der Waals surface area (Å²) in [5, 5.41) is 0. The van der Waals surface area contributed by atoms with Crippen molar-refractivity contribution < 1.29 is 9.53 Å². The van der Waals surface area contributed by atoms with Crippen LogP contribution in [-0.4, -0.2) is 13.1 Å². The van der Waals surface area contributed by atoms with Crippen LogP contribution in [0.25, 0.3) is 0 Å². The van der Waals surface area contributed by atoms with E-state index in [1.807, 2.05) is 31.2 Å². The van der Waals surface area contributed by atoms with E-state index < -0.39 is 0 Å². The van der Waals surface area contributed by atoms with Gasteiger partial charge in [0.15, 0.2) is 0 Å². The molecular weight excluding hydrogens is 258 g/mol. The number of carbonyl (C=O) groups excluding carboxylic acids is 1. The molecule has 2 N–H and O–H groups in total. The van der Waals surface area contributed by atoms with Crippen LogP contribution in [0, 0.1) is 6.92 Å². The quantitative estimate of drug-likeness (QED) is 0.686. The van der Waals surface area contributed by atoms with Crippen molar-refractivity contribution in [2.24, 2.45) is 0 Å². The van der Waals surface area contributed by atoms with Crippen LogP contribution < -0.4 is 5.73 Å². The largest absolute Gasteiger partial charge is 0.465 e. The molecule has 0 saturated carbocycles. The average molecular weight is 273 g/mol. The first kappa shape index (κ1) is 13.5. The molecule has 0 heterocycles. The zero-order chi connectivity index (χ0) is 13.8. The molecule has 0 radical (unpaired) electrons. The molecule has 3 nitrogen and oxygen atoms in total. The number of rotatable bonds is 3. The normalized spacial score (nSPS) is 10.2. The summed E-state index contributed by atoms with van der Waals surface area (Å²) in [5.41, 5.74) is 8.29. The molecule has 0 atom stereocenters. The summed E-state index contributed by atoms with van der Waals surface area (Å²) in [6, 6.07) is 13.2. The Morgan fingerprint density at radius 3 is 2.58 bits per heavy atom. The number of anilines is 1. The highest BCUT2D eigenvalue weighted by molar-refractivity contribution is 7.99. The van der Waals surface area contributed by atoms with Crippen LogP contribution in [0.15, 0.2) is 52.3 Å². The standard InChI is InChI=1S/C15H15NO2S/c1-10-5-3-4-6-13(10)19-14-9-11(15(17)18-2)7-8-12(14)16/h3-9H,16H2,1-2H3. The molecule has 98 valence electrons. The molecule has 2 aromatic rings. The molecule has 0 spiro atoms.